The summed E-state index contributed by atoms with van der Waals surface area (Å²) in [6, 6.07) is 9.98. The summed E-state index contributed by atoms with van der Waals surface area (Å²) in [6.45, 7) is 0. The molecule has 4 rings (SSSR count). The highest BCUT2D eigenvalue weighted by molar-refractivity contribution is 7.91. The third-order valence-corrected chi connectivity index (χ3v) is 7.70. The molecular formula is C21H21F2NO3S. The summed E-state index contributed by atoms with van der Waals surface area (Å²) in [5, 5.41) is 3.01. The van der Waals surface area contributed by atoms with Gasteiger partial charge in [0, 0.05) is 11.6 Å². The Morgan fingerprint density at radius 1 is 1.07 bits per heavy atom. The van der Waals surface area contributed by atoms with Crippen molar-refractivity contribution in [2.45, 2.75) is 48.5 Å². The molecule has 1 N–H and O–H groups in total. The van der Waals surface area contributed by atoms with Crippen molar-refractivity contribution in [2.24, 2.45) is 0 Å². The first-order chi connectivity index (χ1) is 13.3. The van der Waals surface area contributed by atoms with E-state index in [4.69, 9.17) is 0 Å². The molecule has 1 aliphatic heterocycles. The van der Waals surface area contributed by atoms with E-state index in [2.05, 4.69) is 5.32 Å². The minimum Gasteiger partial charge on any atom is -0.346 e. The van der Waals surface area contributed by atoms with Crippen LogP contribution in [0, 0.1) is 11.6 Å². The monoisotopic (exact) mass is 405 g/mol. The Morgan fingerprint density at radius 2 is 1.79 bits per heavy atom. The molecule has 2 aromatic rings. The molecular weight excluding hydrogens is 384 g/mol. The fourth-order valence-corrected chi connectivity index (χ4v) is 6.12. The number of benzene rings is 2. The van der Waals surface area contributed by atoms with Crippen molar-refractivity contribution >= 4 is 15.7 Å². The largest absolute Gasteiger partial charge is 0.346 e. The van der Waals surface area contributed by atoms with Crippen LogP contribution in [0.1, 0.15) is 49.1 Å². The molecule has 0 saturated heterocycles. The van der Waals surface area contributed by atoms with E-state index >= 15 is 0 Å². The molecule has 7 heteroatoms. The topological polar surface area (TPSA) is 63.2 Å². The van der Waals surface area contributed by atoms with E-state index in [0.29, 0.717) is 18.4 Å². The first-order valence-electron chi connectivity index (χ1n) is 9.42. The van der Waals surface area contributed by atoms with Gasteiger partial charge < -0.3 is 5.32 Å². The van der Waals surface area contributed by atoms with E-state index in [0.717, 1.165) is 18.9 Å². The Balaban J connectivity index is 1.69. The van der Waals surface area contributed by atoms with Gasteiger partial charge in [-0.15, -0.1) is 0 Å². The van der Waals surface area contributed by atoms with E-state index in [-0.39, 0.29) is 28.5 Å². The summed E-state index contributed by atoms with van der Waals surface area (Å²) in [5.74, 6) is -2.35. The van der Waals surface area contributed by atoms with Crippen molar-refractivity contribution in [3.8, 4) is 0 Å². The Hall–Kier alpha value is -2.28. The van der Waals surface area contributed by atoms with Crippen molar-refractivity contribution in [1.82, 2.24) is 5.32 Å². The standard InChI is InChI=1S/C21H21F2NO3S/c22-14-7-8-17(18(23)13-14)21(10-3-4-11-21)24-20(25)16-9-12-28(26,27)19-6-2-1-5-15(16)19/h1-2,5-8,13,16H,3-4,9-12H2,(H,24,25). The Morgan fingerprint density at radius 3 is 2.50 bits per heavy atom. The molecule has 1 atom stereocenters. The highest BCUT2D eigenvalue weighted by atomic mass is 32.2. The van der Waals surface area contributed by atoms with Crippen LogP contribution in [-0.2, 0) is 20.2 Å². The SMILES string of the molecule is O=C(NC1(c2ccc(F)cc2F)CCCC1)C1CCS(=O)(=O)c2ccccc21. The molecule has 1 fully saturated rings. The van der Waals surface area contributed by atoms with Crippen molar-refractivity contribution in [3.05, 3.63) is 65.2 Å². The van der Waals surface area contributed by atoms with Gasteiger partial charge in [-0.1, -0.05) is 37.1 Å². The molecule has 1 unspecified atom stereocenters. The number of fused-ring (bicyclic) bond motifs is 1. The van der Waals surface area contributed by atoms with Crippen LogP contribution < -0.4 is 5.32 Å². The van der Waals surface area contributed by atoms with Gasteiger partial charge in [-0.2, -0.15) is 0 Å². The molecule has 0 bridgehead atoms. The number of sulfone groups is 1. The normalized spacial score (nSPS) is 22.4. The lowest BCUT2D eigenvalue weighted by molar-refractivity contribution is -0.124. The number of nitrogens with one attached hydrogen (secondary N) is 1. The van der Waals surface area contributed by atoms with Gasteiger partial charge in [0.25, 0.3) is 0 Å². The first-order valence-corrected chi connectivity index (χ1v) is 11.1. The van der Waals surface area contributed by atoms with Crippen LogP contribution in [-0.4, -0.2) is 20.1 Å². The number of halogens is 2. The number of amides is 1. The second kappa shape index (κ2) is 6.95. The third-order valence-electron chi connectivity index (χ3n) is 5.89. The lowest BCUT2D eigenvalue weighted by Crippen LogP contribution is -2.47. The molecule has 2 aromatic carbocycles. The number of carbonyl (C=O) groups is 1. The molecule has 0 aromatic heterocycles. The van der Waals surface area contributed by atoms with Gasteiger partial charge >= 0.3 is 0 Å². The minimum absolute atomic E-state index is 0.0972. The summed E-state index contributed by atoms with van der Waals surface area (Å²) in [7, 11) is -3.40. The molecule has 1 amide bonds. The summed E-state index contributed by atoms with van der Waals surface area (Å²) < 4.78 is 52.5. The van der Waals surface area contributed by atoms with E-state index in [1.807, 2.05) is 0 Å². The van der Waals surface area contributed by atoms with Gasteiger partial charge in [0.1, 0.15) is 11.6 Å². The maximum Gasteiger partial charge on any atom is 0.228 e. The summed E-state index contributed by atoms with van der Waals surface area (Å²) >= 11 is 0. The van der Waals surface area contributed by atoms with Crippen molar-refractivity contribution in [1.29, 1.82) is 0 Å². The van der Waals surface area contributed by atoms with Gasteiger partial charge in [0.2, 0.25) is 5.91 Å². The smallest absolute Gasteiger partial charge is 0.228 e. The zero-order chi connectivity index (χ0) is 19.9. The zero-order valence-electron chi connectivity index (χ0n) is 15.3. The van der Waals surface area contributed by atoms with Gasteiger partial charge in [0.15, 0.2) is 9.84 Å². The molecule has 0 spiro atoms. The molecule has 1 aliphatic carbocycles. The van der Waals surface area contributed by atoms with Crippen LogP contribution in [0.25, 0.3) is 0 Å². The van der Waals surface area contributed by atoms with E-state index in [9.17, 15) is 22.0 Å². The fraction of sp³-hybridized carbons (Fsp3) is 0.381. The highest BCUT2D eigenvalue weighted by Crippen LogP contribution is 2.42. The Kier molecular flexibility index (Phi) is 4.73. The second-order valence-corrected chi connectivity index (χ2v) is 9.68. The summed E-state index contributed by atoms with van der Waals surface area (Å²) in [4.78, 5) is 13.4. The van der Waals surface area contributed by atoms with Crippen LogP contribution in [0.2, 0.25) is 0 Å². The lowest BCUT2D eigenvalue weighted by atomic mass is 9.85. The second-order valence-electron chi connectivity index (χ2n) is 7.60. The molecule has 1 saturated carbocycles. The predicted octanol–water partition coefficient (Wildman–Crippen LogP) is 3.81. The van der Waals surface area contributed by atoms with Crippen LogP contribution in [0.5, 0.6) is 0 Å². The average Bonchev–Trinajstić information content (AvgIpc) is 3.11. The Labute approximate surface area is 162 Å². The molecule has 4 nitrogen and oxygen atoms in total. The van der Waals surface area contributed by atoms with Crippen LogP contribution in [0.15, 0.2) is 47.4 Å². The van der Waals surface area contributed by atoms with Gasteiger partial charge in [-0.3, -0.25) is 4.79 Å². The van der Waals surface area contributed by atoms with Gasteiger partial charge in [-0.25, -0.2) is 17.2 Å². The third kappa shape index (κ3) is 3.21. The molecule has 1 heterocycles. The van der Waals surface area contributed by atoms with Gasteiger partial charge in [0.05, 0.1) is 22.1 Å². The van der Waals surface area contributed by atoms with E-state index < -0.39 is 32.9 Å². The number of hydrogen-bond donors (Lipinski definition) is 1. The first kappa shape index (κ1) is 19.1. The predicted molar refractivity (Wildman–Crippen MR) is 100 cm³/mol. The number of rotatable bonds is 3. The van der Waals surface area contributed by atoms with E-state index in [1.54, 1.807) is 18.2 Å². The molecule has 28 heavy (non-hydrogen) atoms. The highest BCUT2D eigenvalue weighted by Gasteiger charge is 2.42. The quantitative estimate of drug-likeness (QED) is 0.845. The summed E-state index contributed by atoms with van der Waals surface area (Å²) in [6.07, 6.45) is 2.97. The minimum atomic E-state index is -3.40. The van der Waals surface area contributed by atoms with Crippen LogP contribution in [0.3, 0.4) is 0 Å². The molecule has 0 radical (unpaired) electrons. The van der Waals surface area contributed by atoms with Crippen LogP contribution in [0.4, 0.5) is 8.78 Å². The van der Waals surface area contributed by atoms with Crippen molar-refractivity contribution < 1.29 is 22.0 Å². The lowest BCUT2D eigenvalue weighted by Gasteiger charge is -2.34. The van der Waals surface area contributed by atoms with Gasteiger partial charge in [-0.05, 0) is 37.0 Å². The van der Waals surface area contributed by atoms with E-state index in [1.165, 1.54) is 18.2 Å². The molecule has 148 valence electrons. The fourth-order valence-electron chi connectivity index (χ4n) is 4.50. The number of carbonyl (C=O) groups excluding carboxylic acids is 1. The van der Waals surface area contributed by atoms with Crippen molar-refractivity contribution in [2.75, 3.05) is 5.75 Å². The summed E-state index contributed by atoms with van der Waals surface area (Å²) in [5.41, 5.74) is -0.115. The number of hydrogen-bond acceptors (Lipinski definition) is 3. The zero-order valence-corrected chi connectivity index (χ0v) is 16.1. The molecule has 2 aliphatic rings. The maximum absolute atomic E-state index is 14.5. The van der Waals surface area contributed by atoms with Crippen LogP contribution >= 0.6 is 0 Å². The Bertz CT molecular complexity index is 1030. The average molecular weight is 405 g/mol. The van der Waals surface area contributed by atoms with Crippen molar-refractivity contribution in [3.63, 3.8) is 0 Å². The maximum atomic E-state index is 14.5.